The lowest BCUT2D eigenvalue weighted by atomic mass is 10.1. The smallest absolute Gasteiger partial charge is 0.132 e. The molecule has 1 aromatic carbocycles. The molecule has 21 heavy (non-hydrogen) atoms. The fourth-order valence-electron chi connectivity index (χ4n) is 2.25. The van der Waals surface area contributed by atoms with Gasteiger partial charge in [0.1, 0.15) is 11.6 Å². The number of aromatic nitrogens is 2. The number of ether oxygens (including phenoxy) is 1. The van der Waals surface area contributed by atoms with Crippen molar-refractivity contribution in [2.24, 2.45) is 0 Å². The molecule has 0 radical (unpaired) electrons. The molecule has 4 nitrogen and oxygen atoms in total. The van der Waals surface area contributed by atoms with E-state index in [9.17, 15) is 0 Å². The van der Waals surface area contributed by atoms with Crippen LogP contribution in [0.3, 0.4) is 0 Å². The highest BCUT2D eigenvalue weighted by atomic mass is 16.5. The Kier molecular flexibility index (Phi) is 5.69. The summed E-state index contributed by atoms with van der Waals surface area (Å²) in [5.74, 6) is 1.79. The fourth-order valence-corrected chi connectivity index (χ4v) is 2.25. The Morgan fingerprint density at radius 1 is 1.19 bits per heavy atom. The molecular weight excluding hydrogens is 262 g/mol. The molecule has 0 atom stereocenters. The van der Waals surface area contributed by atoms with E-state index in [4.69, 9.17) is 4.74 Å². The van der Waals surface area contributed by atoms with E-state index in [1.165, 1.54) is 11.1 Å². The van der Waals surface area contributed by atoms with Crippen molar-refractivity contribution in [3.8, 4) is 5.75 Å². The van der Waals surface area contributed by atoms with Crippen molar-refractivity contribution < 1.29 is 4.74 Å². The second kappa shape index (κ2) is 7.74. The van der Waals surface area contributed by atoms with Gasteiger partial charge < -0.3 is 10.1 Å². The highest BCUT2D eigenvalue weighted by Crippen LogP contribution is 2.21. The van der Waals surface area contributed by atoms with Gasteiger partial charge in [0.25, 0.3) is 0 Å². The van der Waals surface area contributed by atoms with Crippen LogP contribution in [0.1, 0.15) is 36.5 Å². The largest absolute Gasteiger partial charge is 0.496 e. The van der Waals surface area contributed by atoms with Crippen molar-refractivity contribution in [1.29, 1.82) is 0 Å². The van der Waals surface area contributed by atoms with Crippen molar-refractivity contribution in [2.45, 2.75) is 33.2 Å². The summed E-state index contributed by atoms with van der Waals surface area (Å²) in [5.41, 5.74) is 3.46. The Morgan fingerprint density at radius 2 is 2.05 bits per heavy atom. The predicted molar refractivity (Wildman–Crippen MR) is 84.6 cm³/mol. The lowest BCUT2D eigenvalue weighted by Gasteiger charge is -2.11. The van der Waals surface area contributed by atoms with Crippen molar-refractivity contribution in [3.63, 3.8) is 0 Å². The van der Waals surface area contributed by atoms with Gasteiger partial charge in [-0.1, -0.05) is 26.0 Å². The summed E-state index contributed by atoms with van der Waals surface area (Å²) in [4.78, 5) is 8.92. The van der Waals surface area contributed by atoms with Crippen LogP contribution in [0.2, 0.25) is 0 Å². The molecule has 0 aliphatic rings. The van der Waals surface area contributed by atoms with E-state index in [1.54, 1.807) is 7.11 Å². The molecule has 1 heterocycles. The second-order valence-electron chi connectivity index (χ2n) is 4.92. The van der Waals surface area contributed by atoms with E-state index in [-0.39, 0.29) is 0 Å². The Morgan fingerprint density at radius 3 is 2.76 bits per heavy atom. The van der Waals surface area contributed by atoms with Gasteiger partial charge in [-0.05, 0) is 30.7 Å². The molecule has 0 bridgehead atoms. The highest BCUT2D eigenvalue weighted by molar-refractivity contribution is 5.38. The third-order valence-corrected chi connectivity index (χ3v) is 3.40. The third-order valence-electron chi connectivity index (χ3n) is 3.40. The van der Waals surface area contributed by atoms with Gasteiger partial charge in [0.05, 0.1) is 7.11 Å². The summed E-state index contributed by atoms with van der Waals surface area (Å²) in [5, 5.41) is 3.34. The Balaban J connectivity index is 2.19. The summed E-state index contributed by atoms with van der Waals surface area (Å²) in [6.45, 7) is 5.95. The van der Waals surface area contributed by atoms with E-state index in [0.717, 1.165) is 43.2 Å². The maximum absolute atomic E-state index is 5.41. The number of methoxy groups -OCH3 is 1. The molecule has 0 unspecified atom stereocenters. The molecule has 2 rings (SSSR count). The molecule has 0 amide bonds. The number of hydrogen-bond donors (Lipinski definition) is 1. The topological polar surface area (TPSA) is 47.0 Å². The minimum Gasteiger partial charge on any atom is -0.496 e. The lowest BCUT2D eigenvalue weighted by Crippen LogP contribution is -2.13. The summed E-state index contributed by atoms with van der Waals surface area (Å²) in [6, 6.07) is 8.24. The number of aryl methyl sites for hydroxylation is 1. The van der Waals surface area contributed by atoms with Crippen molar-refractivity contribution in [1.82, 2.24) is 15.3 Å². The SMILES string of the molecule is CCNCc1cc(Cc2nccc(CC)n2)ccc1OC. The van der Waals surface area contributed by atoms with Crippen LogP contribution in [0.25, 0.3) is 0 Å². The minimum absolute atomic E-state index is 0.747. The molecule has 2 aromatic rings. The van der Waals surface area contributed by atoms with Gasteiger partial charge in [0, 0.05) is 30.4 Å². The van der Waals surface area contributed by atoms with Crippen molar-refractivity contribution in [2.75, 3.05) is 13.7 Å². The molecule has 1 N–H and O–H groups in total. The average Bonchev–Trinajstić information content (AvgIpc) is 2.53. The Hall–Kier alpha value is -1.94. The molecule has 1 aromatic heterocycles. The molecule has 0 aliphatic heterocycles. The van der Waals surface area contributed by atoms with Gasteiger partial charge in [0.15, 0.2) is 0 Å². The standard InChI is InChI=1S/C17H23N3O/c1-4-15-8-9-19-17(20-15)11-13-6-7-16(21-3)14(10-13)12-18-5-2/h6-10,18H,4-5,11-12H2,1-3H3. The van der Waals surface area contributed by atoms with Crippen LogP contribution in [0.5, 0.6) is 5.75 Å². The highest BCUT2D eigenvalue weighted by Gasteiger charge is 2.06. The van der Waals surface area contributed by atoms with E-state index < -0.39 is 0 Å². The number of nitrogens with zero attached hydrogens (tertiary/aromatic N) is 2. The second-order valence-corrected chi connectivity index (χ2v) is 4.92. The summed E-state index contributed by atoms with van der Waals surface area (Å²) >= 11 is 0. The van der Waals surface area contributed by atoms with Crippen molar-refractivity contribution in [3.05, 3.63) is 53.1 Å². The summed E-state index contributed by atoms with van der Waals surface area (Å²) < 4.78 is 5.41. The zero-order chi connectivity index (χ0) is 15.1. The van der Waals surface area contributed by atoms with Crippen LogP contribution < -0.4 is 10.1 Å². The van der Waals surface area contributed by atoms with Gasteiger partial charge >= 0.3 is 0 Å². The number of benzene rings is 1. The van der Waals surface area contributed by atoms with Crippen molar-refractivity contribution >= 4 is 0 Å². The van der Waals surface area contributed by atoms with Crippen LogP contribution in [0.15, 0.2) is 30.5 Å². The molecule has 0 fully saturated rings. The first-order chi connectivity index (χ1) is 10.3. The lowest BCUT2D eigenvalue weighted by molar-refractivity contribution is 0.408. The minimum atomic E-state index is 0.747. The molecule has 0 spiro atoms. The predicted octanol–water partition coefficient (Wildman–Crippen LogP) is 2.75. The van der Waals surface area contributed by atoms with Crippen LogP contribution >= 0.6 is 0 Å². The van der Waals surface area contributed by atoms with Crippen LogP contribution in [-0.2, 0) is 19.4 Å². The molecule has 112 valence electrons. The Labute approximate surface area is 126 Å². The number of nitrogens with one attached hydrogen (secondary N) is 1. The first-order valence-electron chi connectivity index (χ1n) is 7.44. The summed E-state index contributed by atoms with van der Waals surface area (Å²) in [6.07, 6.45) is 3.52. The molecule has 0 saturated heterocycles. The molecule has 0 saturated carbocycles. The van der Waals surface area contributed by atoms with Crippen LogP contribution in [0, 0.1) is 0 Å². The van der Waals surface area contributed by atoms with Crippen LogP contribution in [0.4, 0.5) is 0 Å². The van der Waals surface area contributed by atoms with Gasteiger partial charge in [-0.25, -0.2) is 9.97 Å². The monoisotopic (exact) mass is 285 g/mol. The fraction of sp³-hybridized carbons (Fsp3) is 0.412. The normalized spacial score (nSPS) is 10.6. The first-order valence-corrected chi connectivity index (χ1v) is 7.44. The van der Waals surface area contributed by atoms with E-state index in [0.29, 0.717) is 0 Å². The van der Waals surface area contributed by atoms with Gasteiger partial charge in [-0.3, -0.25) is 0 Å². The van der Waals surface area contributed by atoms with E-state index in [2.05, 4.69) is 41.3 Å². The summed E-state index contributed by atoms with van der Waals surface area (Å²) in [7, 11) is 1.71. The van der Waals surface area contributed by atoms with Gasteiger partial charge in [0.2, 0.25) is 0 Å². The number of rotatable bonds is 7. The maximum atomic E-state index is 5.41. The quantitative estimate of drug-likeness (QED) is 0.849. The average molecular weight is 285 g/mol. The molecule has 4 heteroatoms. The van der Waals surface area contributed by atoms with Gasteiger partial charge in [-0.15, -0.1) is 0 Å². The first kappa shape index (κ1) is 15.4. The number of hydrogen-bond acceptors (Lipinski definition) is 4. The van der Waals surface area contributed by atoms with Crippen LogP contribution in [-0.4, -0.2) is 23.6 Å². The Bertz CT molecular complexity index is 584. The zero-order valence-corrected chi connectivity index (χ0v) is 13.0. The van der Waals surface area contributed by atoms with E-state index in [1.807, 2.05) is 18.3 Å². The zero-order valence-electron chi connectivity index (χ0n) is 13.0. The molecular formula is C17H23N3O. The van der Waals surface area contributed by atoms with E-state index >= 15 is 0 Å². The maximum Gasteiger partial charge on any atom is 0.132 e. The van der Waals surface area contributed by atoms with Gasteiger partial charge in [-0.2, -0.15) is 0 Å². The third kappa shape index (κ3) is 4.26. The molecule has 0 aliphatic carbocycles.